The Hall–Kier alpha value is -2.11. The minimum atomic E-state index is -4.38. The number of aryl methyl sites for hydroxylation is 1. The number of alkyl halides is 3. The van der Waals surface area contributed by atoms with Crippen LogP contribution in [-0.2, 0) is 19.2 Å². The van der Waals surface area contributed by atoms with Gasteiger partial charge in [0.1, 0.15) is 12.4 Å². The van der Waals surface area contributed by atoms with E-state index in [-0.39, 0.29) is 18.2 Å². The Kier molecular flexibility index (Phi) is 5.79. The molecule has 2 aromatic rings. The van der Waals surface area contributed by atoms with Gasteiger partial charge in [0.25, 0.3) is 0 Å². The molecule has 3 rings (SSSR count). The number of rotatable bonds is 5. The topological polar surface area (TPSA) is 35.0 Å². The van der Waals surface area contributed by atoms with E-state index in [4.69, 9.17) is 4.74 Å². The van der Waals surface area contributed by atoms with Gasteiger partial charge in [-0.25, -0.2) is 0 Å². The van der Waals surface area contributed by atoms with Crippen LogP contribution >= 0.6 is 0 Å². The van der Waals surface area contributed by atoms with Crippen LogP contribution in [0, 0.1) is 0 Å². The monoisotopic (exact) mass is 364 g/mol. The molecule has 2 aromatic heterocycles. The van der Waals surface area contributed by atoms with Gasteiger partial charge in [-0.2, -0.15) is 13.2 Å². The summed E-state index contributed by atoms with van der Waals surface area (Å²) in [6.45, 7) is 1.99. The van der Waals surface area contributed by atoms with Crippen LogP contribution in [0.4, 0.5) is 13.2 Å². The average molecular weight is 364 g/mol. The van der Waals surface area contributed by atoms with Gasteiger partial charge >= 0.3 is 6.18 Å². The largest absolute Gasteiger partial charge is 0.486 e. The van der Waals surface area contributed by atoms with Gasteiger partial charge in [0.15, 0.2) is 0 Å². The fourth-order valence-corrected chi connectivity index (χ4v) is 3.44. The SMILES string of the molecule is CCc1ccc(OCc2cc(C(F)(F)F)c(C3CCCCC3)cn2)cn1. The summed E-state index contributed by atoms with van der Waals surface area (Å²) >= 11 is 0. The number of pyridine rings is 2. The van der Waals surface area contributed by atoms with E-state index >= 15 is 0 Å². The minimum absolute atomic E-state index is 0.0127. The van der Waals surface area contributed by atoms with Crippen molar-refractivity contribution in [1.82, 2.24) is 9.97 Å². The Labute approximate surface area is 151 Å². The Morgan fingerprint density at radius 3 is 2.38 bits per heavy atom. The standard InChI is InChI=1S/C20H23F3N2O/c1-2-15-8-9-17(11-24-15)26-13-16-10-19(20(21,22)23)18(12-25-16)14-6-4-3-5-7-14/h8-12,14H,2-7,13H2,1H3. The first kappa shape index (κ1) is 18.7. The third-order valence-corrected chi connectivity index (χ3v) is 4.89. The number of aromatic nitrogens is 2. The molecule has 0 N–H and O–H groups in total. The molecule has 1 fully saturated rings. The molecular weight excluding hydrogens is 341 g/mol. The summed E-state index contributed by atoms with van der Waals surface area (Å²) in [5.74, 6) is 0.475. The molecule has 26 heavy (non-hydrogen) atoms. The lowest BCUT2D eigenvalue weighted by atomic mass is 9.82. The van der Waals surface area contributed by atoms with Gasteiger partial charge in [-0.05, 0) is 48.9 Å². The summed E-state index contributed by atoms with van der Waals surface area (Å²) < 4.78 is 46.2. The lowest BCUT2D eigenvalue weighted by Crippen LogP contribution is -2.16. The molecule has 0 unspecified atom stereocenters. The summed E-state index contributed by atoms with van der Waals surface area (Å²) in [4.78, 5) is 8.45. The van der Waals surface area contributed by atoms with Gasteiger partial charge in [-0.15, -0.1) is 0 Å². The number of halogens is 3. The maximum atomic E-state index is 13.6. The van der Waals surface area contributed by atoms with Crippen LogP contribution in [0.2, 0.25) is 0 Å². The average Bonchev–Trinajstić information content (AvgIpc) is 2.66. The van der Waals surface area contributed by atoms with Crippen LogP contribution in [-0.4, -0.2) is 9.97 Å². The van der Waals surface area contributed by atoms with Gasteiger partial charge in [0, 0.05) is 11.9 Å². The Morgan fingerprint density at radius 1 is 1.04 bits per heavy atom. The lowest BCUT2D eigenvalue weighted by molar-refractivity contribution is -0.138. The fourth-order valence-electron chi connectivity index (χ4n) is 3.44. The quantitative estimate of drug-likeness (QED) is 0.684. The van der Waals surface area contributed by atoms with Crippen molar-refractivity contribution in [2.24, 2.45) is 0 Å². The van der Waals surface area contributed by atoms with Crippen molar-refractivity contribution in [2.45, 2.75) is 64.1 Å². The molecule has 1 saturated carbocycles. The number of nitrogens with zero attached hydrogens (tertiary/aromatic N) is 2. The van der Waals surface area contributed by atoms with Crippen LogP contribution in [0.25, 0.3) is 0 Å². The van der Waals surface area contributed by atoms with Crippen molar-refractivity contribution < 1.29 is 17.9 Å². The highest BCUT2D eigenvalue weighted by Gasteiger charge is 2.36. The molecule has 0 aromatic carbocycles. The van der Waals surface area contributed by atoms with Crippen molar-refractivity contribution in [3.05, 3.63) is 53.1 Å². The highest BCUT2D eigenvalue weighted by molar-refractivity contribution is 5.33. The third-order valence-electron chi connectivity index (χ3n) is 4.89. The van der Waals surface area contributed by atoms with Crippen LogP contribution in [0.15, 0.2) is 30.6 Å². The molecule has 0 radical (unpaired) electrons. The fraction of sp³-hybridized carbons (Fsp3) is 0.500. The van der Waals surface area contributed by atoms with Crippen LogP contribution in [0.1, 0.15) is 67.5 Å². The van der Waals surface area contributed by atoms with Crippen molar-refractivity contribution in [3.63, 3.8) is 0 Å². The van der Waals surface area contributed by atoms with Crippen LogP contribution in [0.5, 0.6) is 5.75 Å². The number of hydrogen-bond donors (Lipinski definition) is 0. The first-order valence-corrected chi connectivity index (χ1v) is 9.11. The van der Waals surface area contributed by atoms with Gasteiger partial charge in [-0.1, -0.05) is 26.2 Å². The Morgan fingerprint density at radius 2 is 1.77 bits per heavy atom. The summed E-state index contributed by atoms with van der Waals surface area (Å²) in [7, 11) is 0. The van der Waals surface area contributed by atoms with E-state index in [9.17, 15) is 13.2 Å². The summed E-state index contributed by atoms with van der Waals surface area (Å²) in [5.41, 5.74) is 0.968. The van der Waals surface area contributed by atoms with E-state index in [0.29, 0.717) is 11.3 Å². The third kappa shape index (κ3) is 4.54. The molecule has 3 nitrogen and oxygen atoms in total. The molecule has 0 amide bonds. The molecule has 140 valence electrons. The normalized spacial score (nSPS) is 15.8. The molecule has 0 spiro atoms. The molecular formula is C20H23F3N2O. The summed E-state index contributed by atoms with van der Waals surface area (Å²) in [5, 5.41) is 0. The Bertz CT molecular complexity index is 723. The molecule has 1 aliphatic rings. The smallest absolute Gasteiger partial charge is 0.416 e. The second kappa shape index (κ2) is 8.06. The molecule has 0 atom stereocenters. The first-order valence-electron chi connectivity index (χ1n) is 9.11. The highest BCUT2D eigenvalue weighted by atomic mass is 19.4. The van der Waals surface area contributed by atoms with E-state index < -0.39 is 11.7 Å². The van der Waals surface area contributed by atoms with E-state index in [2.05, 4.69) is 9.97 Å². The number of ether oxygens (including phenoxy) is 1. The van der Waals surface area contributed by atoms with Gasteiger partial charge < -0.3 is 4.74 Å². The summed E-state index contributed by atoms with van der Waals surface area (Å²) in [6.07, 6.45) is 4.08. The zero-order chi connectivity index (χ0) is 18.6. The lowest BCUT2D eigenvalue weighted by Gasteiger charge is -2.25. The molecule has 6 heteroatoms. The van der Waals surface area contributed by atoms with Crippen molar-refractivity contribution in [2.75, 3.05) is 0 Å². The van der Waals surface area contributed by atoms with Crippen molar-refractivity contribution in [3.8, 4) is 5.75 Å². The number of hydrogen-bond acceptors (Lipinski definition) is 3. The van der Waals surface area contributed by atoms with Crippen molar-refractivity contribution >= 4 is 0 Å². The zero-order valence-corrected chi connectivity index (χ0v) is 14.9. The Balaban J connectivity index is 1.77. The van der Waals surface area contributed by atoms with E-state index in [1.807, 2.05) is 13.0 Å². The van der Waals surface area contributed by atoms with Crippen LogP contribution < -0.4 is 4.74 Å². The molecule has 1 aliphatic carbocycles. The maximum Gasteiger partial charge on any atom is 0.416 e. The van der Waals surface area contributed by atoms with E-state index in [1.165, 1.54) is 6.20 Å². The minimum Gasteiger partial charge on any atom is -0.486 e. The zero-order valence-electron chi connectivity index (χ0n) is 14.9. The second-order valence-corrected chi connectivity index (χ2v) is 6.72. The van der Waals surface area contributed by atoms with Crippen molar-refractivity contribution in [1.29, 1.82) is 0 Å². The van der Waals surface area contributed by atoms with E-state index in [1.54, 1.807) is 12.3 Å². The maximum absolute atomic E-state index is 13.6. The molecule has 0 bridgehead atoms. The van der Waals surface area contributed by atoms with Crippen LogP contribution in [0.3, 0.4) is 0 Å². The molecule has 0 aliphatic heterocycles. The van der Waals surface area contributed by atoms with E-state index in [0.717, 1.165) is 50.3 Å². The predicted octanol–water partition coefficient (Wildman–Crippen LogP) is 5.68. The first-order chi connectivity index (χ1) is 12.5. The predicted molar refractivity (Wildman–Crippen MR) is 93.0 cm³/mol. The highest BCUT2D eigenvalue weighted by Crippen LogP contribution is 2.40. The molecule has 0 saturated heterocycles. The van der Waals surface area contributed by atoms with Gasteiger partial charge in [0.05, 0.1) is 17.5 Å². The second-order valence-electron chi connectivity index (χ2n) is 6.72. The summed E-state index contributed by atoms with van der Waals surface area (Å²) in [6, 6.07) is 4.75. The molecule has 2 heterocycles. The van der Waals surface area contributed by atoms with Gasteiger partial charge in [-0.3, -0.25) is 9.97 Å². The van der Waals surface area contributed by atoms with Gasteiger partial charge in [0.2, 0.25) is 0 Å².